The highest BCUT2D eigenvalue weighted by molar-refractivity contribution is 5.87. The molecule has 0 aliphatic heterocycles. The zero-order valence-corrected chi connectivity index (χ0v) is 10.5. The summed E-state index contributed by atoms with van der Waals surface area (Å²) in [5.74, 6) is 0.466. The zero-order chi connectivity index (χ0) is 12.7. The highest BCUT2D eigenvalue weighted by Gasteiger charge is 1.98. The van der Waals surface area contributed by atoms with Crippen molar-refractivity contribution in [2.45, 2.75) is 26.9 Å². The lowest BCUT2D eigenvalue weighted by atomic mass is 10.2. The van der Waals surface area contributed by atoms with E-state index in [1.54, 1.807) is 13.0 Å². The van der Waals surface area contributed by atoms with E-state index < -0.39 is 0 Å². The van der Waals surface area contributed by atoms with Crippen LogP contribution in [0.3, 0.4) is 0 Å². The van der Waals surface area contributed by atoms with Gasteiger partial charge in [0, 0.05) is 6.08 Å². The molecule has 3 nitrogen and oxygen atoms in total. The first-order valence-electron chi connectivity index (χ1n) is 5.73. The smallest absolute Gasteiger partial charge is 0.330 e. The predicted molar refractivity (Wildman–Crippen MR) is 67.9 cm³/mol. The van der Waals surface area contributed by atoms with Gasteiger partial charge in [0.1, 0.15) is 5.75 Å². The monoisotopic (exact) mass is 234 g/mol. The Morgan fingerprint density at radius 2 is 2.18 bits per heavy atom. The summed E-state index contributed by atoms with van der Waals surface area (Å²) in [6.07, 6.45) is 3.27. The Hall–Kier alpha value is -1.77. The van der Waals surface area contributed by atoms with Crippen LogP contribution in [-0.4, -0.2) is 18.7 Å². The lowest BCUT2D eigenvalue weighted by molar-refractivity contribution is -0.137. The molecular formula is C14H18O3. The van der Waals surface area contributed by atoms with Gasteiger partial charge in [-0.15, -0.1) is 0 Å². The van der Waals surface area contributed by atoms with Crippen molar-refractivity contribution in [3.05, 3.63) is 35.9 Å². The van der Waals surface area contributed by atoms with Crippen LogP contribution in [0.1, 0.15) is 26.3 Å². The van der Waals surface area contributed by atoms with Gasteiger partial charge in [-0.1, -0.05) is 12.1 Å². The number of carbonyl (C=O) groups is 1. The number of rotatable bonds is 5. The Balaban J connectivity index is 2.68. The predicted octanol–water partition coefficient (Wildman–Crippen LogP) is 3.05. The molecule has 0 aliphatic rings. The van der Waals surface area contributed by atoms with Crippen molar-refractivity contribution in [3.63, 3.8) is 0 Å². The Labute approximate surface area is 102 Å². The Bertz CT molecular complexity index is 394. The SMILES string of the molecule is CCOC(=O)C=Cc1cccc(OC(C)C)c1. The van der Waals surface area contributed by atoms with E-state index in [1.165, 1.54) is 6.08 Å². The van der Waals surface area contributed by atoms with Crippen molar-refractivity contribution in [2.24, 2.45) is 0 Å². The molecule has 0 aliphatic carbocycles. The van der Waals surface area contributed by atoms with Crippen molar-refractivity contribution in [1.29, 1.82) is 0 Å². The highest BCUT2D eigenvalue weighted by atomic mass is 16.5. The molecule has 0 N–H and O–H groups in total. The summed E-state index contributed by atoms with van der Waals surface area (Å²) in [4.78, 5) is 11.1. The summed E-state index contributed by atoms with van der Waals surface area (Å²) < 4.78 is 10.4. The maximum absolute atomic E-state index is 11.1. The number of carbonyl (C=O) groups excluding carboxylic acids is 1. The first kappa shape index (κ1) is 13.3. The normalized spacial score (nSPS) is 10.8. The molecular weight excluding hydrogens is 216 g/mol. The lowest BCUT2D eigenvalue weighted by Crippen LogP contribution is -2.05. The van der Waals surface area contributed by atoms with E-state index in [2.05, 4.69) is 0 Å². The standard InChI is InChI=1S/C14H18O3/c1-4-16-14(15)9-8-12-6-5-7-13(10-12)17-11(2)3/h5-11H,4H2,1-3H3. The van der Waals surface area contributed by atoms with Crippen LogP contribution in [0.2, 0.25) is 0 Å². The first-order valence-corrected chi connectivity index (χ1v) is 5.73. The minimum absolute atomic E-state index is 0.138. The zero-order valence-electron chi connectivity index (χ0n) is 10.5. The fourth-order valence-electron chi connectivity index (χ4n) is 1.32. The second kappa shape index (κ2) is 6.74. The molecule has 0 heterocycles. The number of esters is 1. The van der Waals surface area contributed by atoms with Gasteiger partial charge in [-0.05, 0) is 44.5 Å². The summed E-state index contributed by atoms with van der Waals surface area (Å²) in [6, 6.07) is 7.57. The van der Waals surface area contributed by atoms with Gasteiger partial charge in [0.05, 0.1) is 12.7 Å². The van der Waals surface area contributed by atoms with Gasteiger partial charge in [0.2, 0.25) is 0 Å². The average Bonchev–Trinajstić information content (AvgIpc) is 2.26. The van der Waals surface area contributed by atoms with Gasteiger partial charge < -0.3 is 9.47 Å². The number of hydrogen-bond acceptors (Lipinski definition) is 3. The van der Waals surface area contributed by atoms with Crippen LogP contribution in [0.15, 0.2) is 30.3 Å². The quantitative estimate of drug-likeness (QED) is 0.580. The van der Waals surface area contributed by atoms with Crippen LogP contribution in [0.25, 0.3) is 6.08 Å². The second-order valence-corrected chi connectivity index (χ2v) is 3.82. The van der Waals surface area contributed by atoms with E-state index in [-0.39, 0.29) is 12.1 Å². The maximum Gasteiger partial charge on any atom is 0.330 e. The largest absolute Gasteiger partial charge is 0.491 e. The lowest BCUT2D eigenvalue weighted by Gasteiger charge is -2.09. The molecule has 0 unspecified atom stereocenters. The van der Waals surface area contributed by atoms with Gasteiger partial charge in [0.15, 0.2) is 0 Å². The van der Waals surface area contributed by atoms with Crippen LogP contribution >= 0.6 is 0 Å². The third-order valence-electron chi connectivity index (χ3n) is 1.93. The van der Waals surface area contributed by atoms with Gasteiger partial charge in [-0.25, -0.2) is 4.79 Å². The van der Waals surface area contributed by atoms with Crippen LogP contribution in [-0.2, 0) is 9.53 Å². The molecule has 1 rings (SSSR count). The topological polar surface area (TPSA) is 35.5 Å². The molecule has 1 aromatic carbocycles. The number of hydrogen-bond donors (Lipinski definition) is 0. The fraction of sp³-hybridized carbons (Fsp3) is 0.357. The van der Waals surface area contributed by atoms with Crippen molar-refractivity contribution in [3.8, 4) is 5.75 Å². The van der Waals surface area contributed by atoms with Crippen molar-refractivity contribution in [1.82, 2.24) is 0 Å². The van der Waals surface area contributed by atoms with E-state index in [0.717, 1.165) is 11.3 Å². The number of benzene rings is 1. The van der Waals surface area contributed by atoms with Gasteiger partial charge >= 0.3 is 5.97 Å². The van der Waals surface area contributed by atoms with Crippen molar-refractivity contribution < 1.29 is 14.3 Å². The molecule has 0 atom stereocenters. The molecule has 0 aromatic heterocycles. The summed E-state index contributed by atoms with van der Waals surface area (Å²) in [5, 5.41) is 0. The summed E-state index contributed by atoms with van der Waals surface area (Å²) in [5.41, 5.74) is 0.913. The molecule has 3 heteroatoms. The molecule has 0 saturated carbocycles. The van der Waals surface area contributed by atoms with E-state index in [0.29, 0.717) is 6.61 Å². The summed E-state index contributed by atoms with van der Waals surface area (Å²) in [7, 11) is 0. The Morgan fingerprint density at radius 1 is 1.41 bits per heavy atom. The fourth-order valence-corrected chi connectivity index (χ4v) is 1.32. The Morgan fingerprint density at radius 3 is 2.82 bits per heavy atom. The van der Waals surface area contributed by atoms with Gasteiger partial charge in [-0.2, -0.15) is 0 Å². The Kier molecular flexibility index (Phi) is 5.27. The molecule has 0 radical (unpaired) electrons. The second-order valence-electron chi connectivity index (χ2n) is 3.82. The van der Waals surface area contributed by atoms with Gasteiger partial charge in [0.25, 0.3) is 0 Å². The minimum Gasteiger partial charge on any atom is -0.491 e. The molecule has 0 fully saturated rings. The molecule has 92 valence electrons. The van der Waals surface area contributed by atoms with E-state index in [9.17, 15) is 4.79 Å². The molecule has 1 aromatic rings. The van der Waals surface area contributed by atoms with Crippen molar-refractivity contribution in [2.75, 3.05) is 6.61 Å². The third-order valence-corrected chi connectivity index (χ3v) is 1.93. The highest BCUT2D eigenvalue weighted by Crippen LogP contribution is 2.15. The third kappa shape index (κ3) is 5.20. The molecule has 0 saturated heterocycles. The van der Waals surface area contributed by atoms with E-state index in [1.807, 2.05) is 38.1 Å². The first-order chi connectivity index (χ1) is 8.11. The van der Waals surface area contributed by atoms with Crippen LogP contribution < -0.4 is 4.74 Å². The van der Waals surface area contributed by atoms with E-state index >= 15 is 0 Å². The van der Waals surface area contributed by atoms with Crippen molar-refractivity contribution >= 4 is 12.0 Å². The summed E-state index contributed by atoms with van der Waals surface area (Å²) in [6.45, 7) is 6.12. The molecule has 0 amide bonds. The average molecular weight is 234 g/mol. The molecule has 0 bridgehead atoms. The van der Waals surface area contributed by atoms with Crippen LogP contribution in [0.4, 0.5) is 0 Å². The minimum atomic E-state index is -0.331. The van der Waals surface area contributed by atoms with E-state index in [4.69, 9.17) is 9.47 Å². The van der Waals surface area contributed by atoms with Crippen LogP contribution in [0, 0.1) is 0 Å². The molecule has 0 spiro atoms. The van der Waals surface area contributed by atoms with Gasteiger partial charge in [-0.3, -0.25) is 0 Å². The molecule has 17 heavy (non-hydrogen) atoms. The number of ether oxygens (including phenoxy) is 2. The summed E-state index contributed by atoms with van der Waals surface area (Å²) >= 11 is 0. The van der Waals surface area contributed by atoms with Crippen LogP contribution in [0.5, 0.6) is 5.75 Å². The maximum atomic E-state index is 11.1.